The number of morpholine rings is 1. The van der Waals surface area contributed by atoms with Crippen LogP contribution in [0.3, 0.4) is 0 Å². The fourth-order valence-electron chi connectivity index (χ4n) is 3.28. The number of nitrogens with two attached hydrogens (primary N) is 1. The largest absolute Gasteiger partial charge is 0.370 e. The molecule has 2 N–H and O–H groups in total. The highest BCUT2D eigenvalue weighted by Gasteiger charge is 2.41. The van der Waals surface area contributed by atoms with E-state index in [9.17, 15) is 13.6 Å². The van der Waals surface area contributed by atoms with Crippen molar-refractivity contribution in [3.63, 3.8) is 0 Å². The summed E-state index contributed by atoms with van der Waals surface area (Å²) < 4.78 is 32.0. The van der Waals surface area contributed by atoms with Gasteiger partial charge in [0.15, 0.2) is 11.6 Å². The van der Waals surface area contributed by atoms with Crippen LogP contribution in [0, 0.1) is 11.6 Å². The van der Waals surface area contributed by atoms with Crippen molar-refractivity contribution < 1.29 is 18.3 Å². The van der Waals surface area contributed by atoms with Crippen molar-refractivity contribution in [2.24, 2.45) is 5.73 Å². The van der Waals surface area contributed by atoms with Crippen molar-refractivity contribution in [3.8, 4) is 0 Å². The second-order valence-electron chi connectivity index (χ2n) is 6.15. The highest BCUT2D eigenvalue weighted by atomic mass is 19.2. The number of carbonyl (C=O) groups is 1. The number of amides is 1. The first-order chi connectivity index (χ1) is 10.5. The van der Waals surface area contributed by atoms with Gasteiger partial charge in [0.1, 0.15) is 6.10 Å². The van der Waals surface area contributed by atoms with Crippen LogP contribution >= 0.6 is 0 Å². The Balaban J connectivity index is 1.73. The number of benzene rings is 1. The molecule has 2 fully saturated rings. The van der Waals surface area contributed by atoms with Gasteiger partial charge >= 0.3 is 0 Å². The summed E-state index contributed by atoms with van der Waals surface area (Å²) in [5.41, 5.74) is 5.99. The van der Waals surface area contributed by atoms with Gasteiger partial charge in [-0.15, -0.1) is 0 Å². The van der Waals surface area contributed by atoms with E-state index in [1.165, 1.54) is 6.07 Å². The maximum atomic E-state index is 13.4. The lowest BCUT2D eigenvalue weighted by Gasteiger charge is -2.37. The van der Waals surface area contributed by atoms with Crippen molar-refractivity contribution >= 4 is 5.91 Å². The third-order valence-corrected chi connectivity index (χ3v) is 4.59. The molecule has 0 bridgehead atoms. The van der Waals surface area contributed by atoms with Gasteiger partial charge in [0.25, 0.3) is 0 Å². The van der Waals surface area contributed by atoms with E-state index < -0.39 is 23.3 Å². The summed E-state index contributed by atoms with van der Waals surface area (Å²) in [6, 6.07) is 3.70. The van der Waals surface area contributed by atoms with Crippen LogP contribution < -0.4 is 5.73 Å². The normalized spacial score (nSPS) is 24.5. The number of hydrogen-bond donors (Lipinski definition) is 1. The third-order valence-electron chi connectivity index (χ3n) is 4.59. The van der Waals surface area contributed by atoms with E-state index >= 15 is 0 Å². The fourth-order valence-corrected chi connectivity index (χ4v) is 3.28. The van der Waals surface area contributed by atoms with E-state index in [-0.39, 0.29) is 5.91 Å². The summed E-state index contributed by atoms with van der Waals surface area (Å²) in [7, 11) is 0. The molecule has 1 atom stereocenters. The molecule has 22 heavy (non-hydrogen) atoms. The van der Waals surface area contributed by atoms with Crippen LogP contribution in [0.4, 0.5) is 8.78 Å². The second-order valence-corrected chi connectivity index (χ2v) is 6.15. The zero-order valence-corrected chi connectivity index (χ0v) is 12.4. The molecular weight excluding hydrogens is 290 g/mol. The van der Waals surface area contributed by atoms with Gasteiger partial charge in [0, 0.05) is 6.54 Å². The predicted molar refractivity (Wildman–Crippen MR) is 77.0 cm³/mol. The van der Waals surface area contributed by atoms with Gasteiger partial charge in [0.2, 0.25) is 5.91 Å². The molecule has 0 spiro atoms. The molecule has 1 heterocycles. The summed E-state index contributed by atoms with van der Waals surface area (Å²) in [6.07, 6.45) is 2.91. The quantitative estimate of drug-likeness (QED) is 0.910. The average molecular weight is 310 g/mol. The highest BCUT2D eigenvalue weighted by Crippen LogP contribution is 2.31. The molecular formula is C16H20F2N2O2. The summed E-state index contributed by atoms with van der Waals surface area (Å²) in [6.45, 7) is 1.17. The molecule has 1 aromatic rings. The average Bonchev–Trinajstić information content (AvgIpc) is 2.97. The molecule has 1 unspecified atom stereocenters. The summed E-state index contributed by atoms with van der Waals surface area (Å²) >= 11 is 0. The maximum absolute atomic E-state index is 13.4. The van der Waals surface area contributed by atoms with Crippen molar-refractivity contribution in [1.82, 2.24) is 4.90 Å². The lowest BCUT2D eigenvalue weighted by atomic mass is 9.96. The molecule has 1 saturated heterocycles. The monoisotopic (exact) mass is 310 g/mol. The highest BCUT2D eigenvalue weighted by molar-refractivity contribution is 5.86. The van der Waals surface area contributed by atoms with Crippen LogP contribution in [-0.4, -0.2) is 36.0 Å². The third kappa shape index (κ3) is 2.85. The van der Waals surface area contributed by atoms with Gasteiger partial charge in [-0.25, -0.2) is 8.78 Å². The molecule has 3 rings (SSSR count). The van der Waals surface area contributed by atoms with E-state index in [0.29, 0.717) is 38.1 Å². The molecule has 120 valence electrons. The minimum absolute atomic E-state index is 0.0547. The molecule has 1 aliphatic carbocycles. The Morgan fingerprint density at radius 2 is 2.00 bits per heavy atom. The summed E-state index contributed by atoms with van der Waals surface area (Å²) in [5, 5.41) is 0. The number of rotatable bonds is 2. The number of halogens is 2. The van der Waals surface area contributed by atoms with Gasteiger partial charge in [-0.3, -0.25) is 4.79 Å². The van der Waals surface area contributed by atoms with Gasteiger partial charge in [0.05, 0.1) is 18.7 Å². The van der Waals surface area contributed by atoms with Gasteiger partial charge in [-0.05, 0) is 30.5 Å². The zero-order chi connectivity index (χ0) is 15.7. The van der Waals surface area contributed by atoms with E-state index in [1.807, 2.05) is 0 Å². The Labute approximate surface area is 128 Å². The minimum atomic E-state index is -0.907. The van der Waals surface area contributed by atoms with Crippen LogP contribution in [0.25, 0.3) is 0 Å². The van der Waals surface area contributed by atoms with Crippen LogP contribution in [0.15, 0.2) is 18.2 Å². The fraction of sp³-hybridized carbons (Fsp3) is 0.562. The number of nitrogens with zero attached hydrogens (tertiary/aromatic N) is 1. The zero-order valence-electron chi connectivity index (χ0n) is 12.4. The predicted octanol–water partition coefficient (Wildman–Crippen LogP) is 2.14. The van der Waals surface area contributed by atoms with Crippen molar-refractivity contribution in [3.05, 3.63) is 35.4 Å². The first-order valence-corrected chi connectivity index (χ1v) is 7.64. The van der Waals surface area contributed by atoms with Gasteiger partial charge in [-0.1, -0.05) is 18.9 Å². The SMILES string of the molecule is NC1(C(=O)N2CCOC(c3ccc(F)c(F)c3)C2)CCCC1. The number of carbonyl (C=O) groups excluding carboxylic acids is 1. The van der Waals surface area contributed by atoms with Crippen molar-refractivity contribution in [2.45, 2.75) is 37.3 Å². The molecule has 1 amide bonds. The Morgan fingerprint density at radius 1 is 1.27 bits per heavy atom. The van der Waals surface area contributed by atoms with E-state index in [4.69, 9.17) is 10.5 Å². The summed E-state index contributed by atoms with van der Waals surface area (Å²) in [5.74, 6) is -1.85. The molecule has 2 aliphatic rings. The molecule has 4 nitrogen and oxygen atoms in total. The van der Waals surface area contributed by atoms with E-state index in [2.05, 4.69) is 0 Å². The van der Waals surface area contributed by atoms with Gasteiger partial charge in [-0.2, -0.15) is 0 Å². The minimum Gasteiger partial charge on any atom is -0.370 e. The smallest absolute Gasteiger partial charge is 0.242 e. The molecule has 6 heteroatoms. The molecule has 1 aromatic carbocycles. The summed E-state index contributed by atoms with van der Waals surface area (Å²) in [4.78, 5) is 14.3. The first-order valence-electron chi connectivity index (χ1n) is 7.64. The van der Waals surface area contributed by atoms with E-state index in [1.54, 1.807) is 4.90 Å². The Kier molecular flexibility index (Phi) is 4.14. The van der Waals surface area contributed by atoms with Crippen molar-refractivity contribution in [1.29, 1.82) is 0 Å². The Morgan fingerprint density at radius 3 is 2.68 bits per heavy atom. The molecule has 1 saturated carbocycles. The number of ether oxygens (including phenoxy) is 1. The van der Waals surface area contributed by atoms with Crippen molar-refractivity contribution in [2.75, 3.05) is 19.7 Å². The molecule has 0 aromatic heterocycles. The standard InChI is InChI=1S/C16H20F2N2O2/c17-12-4-3-11(9-13(12)18)14-10-20(7-8-22-14)15(21)16(19)5-1-2-6-16/h3-4,9,14H,1-2,5-8,10,19H2. The lowest BCUT2D eigenvalue weighted by molar-refractivity contribution is -0.144. The van der Waals surface area contributed by atoms with E-state index in [0.717, 1.165) is 25.0 Å². The van der Waals surface area contributed by atoms with Crippen LogP contribution in [0.1, 0.15) is 37.4 Å². The molecule has 0 radical (unpaired) electrons. The first kappa shape index (κ1) is 15.4. The topological polar surface area (TPSA) is 55.6 Å². The number of hydrogen-bond acceptors (Lipinski definition) is 3. The molecule has 1 aliphatic heterocycles. The van der Waals surface area contributed by atoms with Crippen LogP contribution in [0.5, 0.6) is 0 Å². The van der Waals surface area contributed by atoms with Crippen LogP contribution in [-0.2, 0) is 9.53 Å². The Hall–Kier alpha value is -1.53. The Bertz CT molecular complexity index is 573. The van der Waals surface area contributed by atoms with Crippen LogP contribution in [0.2, 0.25) is 0 Å². The second kappa shape index (κ2) is 5.93. The lowest BCUT2D eigenvalue weighted by Crippen LogP contribution is -2.56. The maximum Gasteiger partial charge on any atom is 0.242 e. The van der Waals surface area contributed by atoms with Gasteiger partial charge < -0.3 is 15.4 Å².